The lowest BCUT2D eigenvalue weighted by Gasteiger charge is -2.10. The van der Waals surface area contributed by atoms with E-state index in [1.54, 1.807) is 0 Å². The molecule has 1 rings (SSSR count). The second-order valence-electron chi connectivity index (χ2n) is 2.90. The summed E-state index contributed by atoms with van der Waals surface area (Å²) in [4.78, 5) is 15.2. The van der Waals surface area contributed by atoms with Crippen LogP contribution in [0.2, 0.25) is 5.02 Å². The van der Waals surface area contributed by atoms with Gasteiger partial charge in [-0.1, -0.05) is 11.6 Å². The molecular formula is C9H7ClF3NO2. The molecule has 0 bridgehead atoms. The first-order valence-electron chi connectivity index (χ1n) is 4.11. The first-order chi connectivity index (χ1) is 7.30. The summed E-state index contributed by atoms with van der Waals surface area (Å²) >= 11 is 5.54. The number of alkyl halides is 3. The molecule has 16 heavy (non-hydrogen) atoms. The highest BCUT2D eigenvalue weighted by atomic mass is 35.5. The largest absolute Gasteiger partial charge is 0.416 e. The molecular weight excluding hydrogens is 247 g/mol. The van der Waals surface area contributed by atoms with Crippen LogP contribution in [0.1, 0.15) is 12.5 Å². The van der Waals surface area contributed by atoms with Gasteiger partial charge in [0.05, 0.1) is 10.6 Å². The Bertz CT molecular complexity index is 406. The molecule has 0 spiro atoms. The smallest absolute Gasteiger partial charge is 0.378 e. The molecule has 1 aromatic rings. The molecule has 0 aliphatic carbocycles. The lowest BCUT2D eigenvalue weighted by atomic mass is 10.2. The predicted octanol–water partition coefficient (Wildman–Crippen LogP) is 2.79. The van der Waals surface area contributed by atoms with Crippen LogP contribution in [0.3, 0.4) is 0 Å². The fourth-order valence-electron chi connectivity index (χ4n) is 0.887. The van der Waals surface area contributed by atoms with E-state index >= 15 is 0 Å². The summed E-state index contributed by atoms with van der Waals surface area (Å²) in [5.74, 6) is -0.541. The van der Waals surface area contributed by atoms with Crippen molar-refractivity contribution in [3.05, 3.63) is 28.8 Å². The summed E-state index contributed by atoms with van der Waals surface area (Å²) in [5.41, 5.74) is 1.07. The molecule has 0 atom stereocenters. The molecule has 7 heteroatoms. The number of hydrogen-bond acceptors (Lipinski definition) is 2. The summed E-state index contributed by atoms with van der Waals surface area (Å²) in [7, 11) is 0. The fourth-order valence-corrected chi connectivity index (χ4v) is 1.11. The molecule has 0 radical (unpaired) electrons. The highest BCUT2D eigenvalue weighted by Gasteiger charge is 2.31. The minimum atomic E-state index is -4.46. The molecule has 0 aliphatic heterocycles. The molecule has 0 unspecified atom stereocenters. The van der Waals surface area contributed by atoms with E-state index in [4.69, 9.17) is 11.6 Å². The summed E-state index contributed by atoms with van der Waals surface area (Å²) < 4.78 is 36.7. The Balaban J connectivity index is 2.88. The van der Waals surface area contributed by atoms with E-state index in [0.717, 1.165) is 18.2 Å². The molecule has 0 saturated carbocycles. The molecule has 0 saturated heterocycles. The van der Waals surface area contributed by atoms with Gasteiger partial charge in [0.1, 0.15) is 0 Å². The van der Waals surface area contributed by atoms with Crippen LogP contribution in [0, 0.1) is 0 Å². The Hall–Kier alpha value is -1.43. The molecule has 3 nitrogen and oxygen atoms in total. The third kappa shape index (κ3) is 3.30. The van der Waals surface area contributed by atoms with Crippen LogP contribution in [0.5, 0.6) is 5.75 Å². The number of hydrogen-bond donors (Lipinski definition) is 1. The maximum Gasteiger partial charge on any atom is 0.416 e. The van der Waals surface area contributed by atoms with Gasteiger partial charge in [0.15, 0.2) is 5.75 Å². The fraction of sp³-hybridized carbons (Fsp3) is 0.222. The molecule has 1 amide bonds. The van der Waals surface area contributed by atoms with E-state index in [9.17, 15) is 18.0 Å². The molecule has 0 fully saturated rings. The quantitative estimate of drug-likeness (QED) is 0.823. The average Bonchev–Trinajstić information content (AvgIpc) is 2.14. The number of carbonyl (C=O) groups is 1. The van der Waals surface area contributed by atoms with Gasteiger partial charge in [0.2, 0.25) is 5.91 Å². The standard InChI is InChI=1S/C9H7ClF3NO2/c1-5(15)14-16-8-3-2-6(4-7(8)10)9(11,12)13/h2-4H,1H3,(H,14,15). The first-order valence-corrected chi connectivity index (χ1v) is 4.48. The SMILES string of the molecule is CC(=O)NOc1ccc(C(F)(F)F)cc1Cl. The van der Waals surface area contributed by atoms with E-state index < -0.39 is 17.6 Å². The van der Waals surface area contributed by atoms with Gasteiger partial charge in [-0.3, -0.25) is 4.79 Å². The third-order valence-corrected chi connectivity index (χ3v) is 1.86. The lowest BCUT2D eigenvalue weighted by Crippen LogP contribution is -2.23. The summed E-state index contributed by atoms with van der Waals surface area (Å²) in [5, 5.41) is -0.233. The van der Waals surface area contributed by atoms with E-state index in [1.165, 1.54) is 6.92 Å². The molecule has 1 N–H and O–H groups in total. The highest BCUT2D eigenvalue weighted by Crippen LogP contribution is 2.34. The number of hydroxylamine groups is 1. The second kappa shape index (κ2) is 4.61. The van der Waals surface area contributed by atoms with Crippen molar-refractivity contribution in [2.75, 3.05) is 0 Å². The van der Waals surface area contributed by atoms with Crippen LogP contribution < -0.4 is 10.3 Å². The van der Waals surface area contributed by atoms with Gasteiger partial charge in [-0.05, 0) is 18.2 Å². The van der Waals surface area contributed by atoms with Crippen LogP contribution in [0.15, 0.2) is 18.2 Å². The number of rotatable bonds is 2. The molecule has 88 valence electrons. The van der Waals surface area contributed by atoms with Crippen molar-refractivity contribution in [2.24, 2.45) is 0 Å². The zero-order chi connectivity index (χ0) is 12.3. The average molecular weight is 254 g/mol. The second-order valence-corrected chi connectivity index (χ2v) is 3.31. The summed E-state index contributed by atoms with van der Waals surface area (Å²) in [6, 6.07) is 2.56. The van der Waals surface area contributed by atoms with Gasteiger partial charge in [0.25, 0.3) is 0 Å². The highest BCUT2D eigenvalue weighted by molar-refractivity contribution is 6.32. The minimum Gasteiger partial charge on any atom is -0.378 e. The minimum absolute atomic E-state index is 0.0510. The van der Waals surface area contributed by atoms with Gasteiger partial charge in [-0.25, -0.2) is 0 Å². The zero-order valence-corrected chi connectivity index (χ0v) is 8.82. The Morgan fingerprint density at radius 2 is 2.06 bits per heavy atom. The van der Waals surface area contributed by atoms with E-state index in [2.05, 4.69) is 4.84 Å². The molecule has 0 aromatic heterocycles. The Morgan fingerprint density at radius 3 is 2.50 bits per heavy atom. The van der Waals surface area contributed by atoms with Crippen LogP contribution in [0.4, 0.5) is 13.2 Å². The van der Waals surface area contributed by atoms with Gasteiger partial charge in [-0.15, -0.1) is 0 Å². The van der Waals surface area contributed by atoms with Gasteiger partial charge in [0, 0.05) is 6.92 Å². The van der Waals surface area contributed by atoms with Crippen molar-refractivity contribution < 1.29 is 22.8 Å². The molecule has 1 aromatic carbocycles. The van der Waals surface area contributed by atoms with Crippen molar-refractivity contribution in [2.45, 2.75) is 13.1 Å². The predicted molar refractivity (Wildman–Crippen MR) is 50.9 cm³/mol. The summed E-state index contributed by atoms with van der Waals surface area (Å²) in [6.07, 6.45) is -4.46. The number of nitrogens with one attached hydrogen (secondary N) is 1. The lowest BCUT2D eigenvalue weighted by molar-refractivity contribution is -0.137. The number of benzene rings is 1. The van der Waals surface area contributed by atoms with E-state index in [1.807, 2.05) is 5.48 Å². The maximum absolute atomic E-state index is 12.2. The van der Waals surface area contributed by atoms with Crippen molar-refractivity contribution >= 4 is 17.5 Å². The Morgan fingerprint density at radius 1 is 1.44 bits per heavy atom. The number of amides is 1. The van der Waals surface area contributed by atoms with Crippen molar-refractivity contribution in [3.63, 3.8) is 0 Å². The van der Waals surface area contributed by atoms with E-state index in [0.29, 0.717) is 0 Å². The topological polar surface area (TPSA) is 38.3 Å². The Labute approximate surface area is 94.1 Å². The van der Waals surface area contributed by atoms with Crippen molar-refractivity contribution in [1.29, 1.82) is 0 Å². The zero-order valence-electron chi connectivity index (χ0n) is 8.06. The van der Waals surface area contributed by atoms with E-state index in [-0.39, 0.29) is 10.8 Å². The van der Waals surface area contributed by atoms with Gasteiger partial charge in [-0.2, -0.15) is 18.7 Å². The maximum atomic E-state index is 12.2. The van der Waals surface area contributed by atoms with Gasteiger partial charge < -0.3 is 4.84 Å². The Kier molecular flexibility index (Phi) is 3.64. The first kappa shape index (κ1) is 12.6. The normalized spacial score (nSPS) is 11.1. The van der Waals surface area contributed by atoms with Crippen LogP contribution in [-0.4, -0.2) is 5.91 Å². The number of carbonyl (C=O) groups excluding carboxylic acids is 1. The molecule has 0 aliphatic rings. The summed E-state index contributed by atoms with van der Waals surface area (Å²) in [6.45, 7) is 1.19. The monoisotopic (exact) mass is 253 g/mol. The van der Waals surface area contributed by atoms with Crippen LogP contribution in [0.25, 0.3) is 0 Å². The van der Waals surface area contributed by atoms with Crippen molar-refractivity contribution in [1.82, 2.24) is 5.48 Å². The van der Waals surface area contributed by atoms with Crippen molar-refractivity contribution in [3.8, 4) is 5.75 Å². The van der Waals surface area contributed by atoms with Gasteiger partial charge >= 0.3 is 6.18 Å². The van der Waals surface area contributed by atoms with Crippen LogP contribution >= 0.6 is 11.6 Å². The van der Waals surface area contributed by atoms with Crippen LogP contribution in [-0.2, 0) is 11.0 Å². The third-order valence-electron chi connectivity index (χ3n) is 1.56. The molecule has 0 heterocycles. The number of halogens is 4.